The van der Waals surface area contributed by atoms with Gasteiger partial charge >= 0.3 is 11.9 Å². The van der Waals surface area contributed by atoms with Gasteiger partial charge in [-0.2, -0.15) is 0 Å². The zero-order chi connectivity index (χ0) is 17.8. The van der Waals surface area contributed by atoms with Crippen LogP contribution in [-0.4, -0.2) is 53.4 Å². The Labute approximate surface area is 142 Å². The smallest absolute Gasteiger partial charge is 0.306 e. The number of aliphatic carboxylic acids is 1. The first-order valence-electron chi connectivity index (χ1n) is 7.97. The number of carboxylic acid groups (broad SMARTS) is 1. The number of carboxylic acids is 1. The van der Waals surface area contributed by atoms with Gasteiger partial charge in [0.05, 0.1) is 26.1 Å². The van der Waals surface area contributed by atoms with Crippen molar-refractivity contribution < 1.29 is 24.5 Å². The van der Waals surface area contributed by atoms with E-state index in [0.717, 1.165) is 11.1 Å². The minimum atomic E-state index is -1.01. The lowest BCUT2D eigenvalue weighted by Crippen LogP contribution is -2.28. The molecule has 0 aliphatic heterocycles. The predicted molar refractivity (Wildman–Crippen MR) is 91.3 cm³/mol. The number of hydrogen-bond donors (Lipinski definition) is 2. The topological polar surface area (TPSA) is 87.1 Å². The number of aliphatic hydroxyl groups excluding tert-OH is 1. The lowest BCUT2D eigenvalue weighted by atomic mass is 10.1. The van der Waals surface area contributed by atoms with E-state index in [1.807, 2.05) is 24.3 Å². The molecule has 0 amide bonds. The summed E-state index contributed by atoms with van der Waals surface area (Å²) < 4.78 is 5.00. The van der Waals surface area contributed by atoms with Crippen LogP contribution in [0, 0.1) is 0 Å². The third-order valence-electron chi connectivity index (χ3n) is 3.46. The second kappa shape index (κ2) is 11.4. The lowest BCUT2D eigenvalue weighted by Gasteiger charge is -2.21. The number of hydrogen-bond acceptors (Lipinski definition) is 5. The van der Waals surface area contributed by atoms with E-state index in [1.165, 1.54) is 0 Å². The van der Waals surface area contributed by atoms with E-state index in [9.17, 15) is 9.59 Å². The van der Waals surface area contributed by atoms with Crippen LogP contribution < -0.4 is 0 Å². The van der Waals surface area contributed by atoms with Gasteiger partial charge in [-0.1, -0.05) is 36.9 Å². The fraction of sp³-hybridized carbons (Fsp3) is 0.444. The molecule has 1 rings (SSSR count). The van der Waals surface area contributed by atoms with Crippen LogP contribution in [0.4, 0.5) is 0 Å². The largest absolute Gasteiger partial charge is 0.481 e. The zero-order valence-corrected chi connectivity index (χ0v) is 13.8. The maximum atomic E-state index is 11.3. The molecule has 0 aliphatic carbocycles. The highest BCUT2D eigenvalue weighted by Crippen LogP contribution is 2.09. The Bertz CT molecular complexity index is 527. The normalized spacial score (nSPS) is 10.6. The Balaban J connectivity index is 2.33. The fourth-order valence-corrected chi connectivity index (χ4v) is 2.18. The summed E-state index contributed by atoms with van der Waals surface area (Å²) in [7, 11) is 0. The van der Waals surface area contributed by atoms with Crippen molar-refractivity contribution in [1.82, 2.24) is 4.90 Å². The maximum absolute atomic E-state index is 11.3. The molecule has 0 aliphatic rings. The van der Waals surface area contributed by atoms with Crippen LogP contribution in [0.15, 0.2) is 30.8 Å². The second-order valence-corrected chi connectivity index (χ2v) is 5.41. The molecule has 1 aromatic rings. The van der Waals surface area contributed by atoms with Crippen LogP contribution in [-0.2, 0) is 20.9 Å². The molecule has 24 heavy (non-hydrogen) atoms. The highest BCUT2D eigenvalue weighted by atomic mass is 16.5. The molecule has 0 aromatic heterocycles. The van der Waals surface area contributed by atoms with E-state index < -0.39 is 11.9 Å². The van der Waals surface area contributed by atoms with Gasteiger partial charge in [0.25, 0.3) is 0 Å². The number of carbonyl (C=O) groups is 2. The van der Waals surface area contributed by atoms with E-state index >= 15 is 0 Å². The number of rotatable bonds is 12. The lowest BCUT2D eigenvalue weighted by molar-refractivity contribution is -0.147. The van der Waals surface area contributed by atoms with Crippen LogP contribution in [0.1, 0.15) is 30.4 Å². The first-order valence-corrected chi connectivity index (χ1v) is 7.97. The molecule has 0 atom stereocenters. The summed E-state index contributed by atoms with van der Waals surface area (Å²) in [5.41, 5.74) is 2.19. The van der Waals surface area contributed by atoms with Crippen molar-refractivity contribution in [2.75, 3.05) is 26.3 Å². The quantitative estimate of drug-likeness (QED) is 0.448. The highest BCUT2D eigenvalue weighted by molar-refractivity contribution is 5.76. The summed E-state index contributed by atoms with van der Waals surface area (Å²) in [4.78, 5) is 23.8. The first kappa shape index (κ1) is 19.9. The Morgan fingerprint density at radius 2 is 1.88 bits per heavy atom. The molecule has 1 aromatic carbocycles. The molecule has 0 saturated heterocycles. The predicted octanol–water partition coefficient (Wildman–Crippen LogP) is 1.92. The van der Waals surface area contributed by atoms with Gasteiger partial charge in [-0.25, -0.2) is 0 Å². The van der Waals surface area contributed by atoms with Gasteiger partial charge in [0, 0.05) is 19.6 Å². The van der Waals surface area contributed by atoms with Crippen LogP contribution in [0.3, 0.4) is 0 Å². The van der Waals surface area contributed by atoms with Crippen molar-refractivity contribution in [3.8, 4) is 0 Å². The number of benzene rings is 1. The van der Waals surface area contributed by atoms with Crippen molar-refractivity contribution in [2.45, 2.75) is 25.8 Å². The molecular formula is C18H25NO5. The van der Waals surface area contributed by atoms with Crippen molar-refractivity contribution in [3.63, 3.8) is 0 Å². The van der Waals surface area contributed by atoms with Crippen LogP contribution in [0.5, 0.6) is 0 Å². The summed E-state index contributed by atoms with van der Waals surface area (Å²) in [5.74, 6) is -1.50. The summed E-state index contributed by atoms with van der Waals surface area (Å²) in [6, 6.07) is 8.02. The van der Waals surface area contributed by atoms with Crippen molar-refractivity contribution in [2.24, 2.45) is 0 Å². The van der Waals surface area contributed by atoms with E-state index in [1.54, 1.807) is 6.08 Å². The fourth-order valence-electron chi connectivity index (χ4n) is 2.18. The monoisotopic (exact) mass is 335 g/mol. The molecule has 132 valence electrons. The van der Waals surface area contributed by atoms with Crippen molar-refractivity contribution in [3.05, 3.63) is 42.0 Å². The number of carbonyl (C=O) groups excluding carboxylic acids is 1. The summed E-state index contributed by atoms with van der Waals surface area (Å²) in [6.07, 6.45) is 2.10. The Kier molecular flexibility index (Phi) is 9.41. The molecule has 0 heterocycles. The van der Waals surface area contributed by atoms with Gasteiger partial charge in [0.1, 0.15) is 0 Å². The molecule has 6 heteroatoms. The average Bonchev–Trinajstić information content (AvgIpc) is 2.57. The van der Waals surface area contributed by atoms with Crippen molar-refractivity contribution in [1.29, 1.82) is 0 Å². The number of esters is 1. The third-order valence-corrected chi connectivity index (χ3v) is 3.46. The number of aliphatic hydroxyl groups is 1. The van der Waals surface area contributed by atoms with Gasteiger partial charge in [-0.15, -0.1) is 0 Å². The molecule has 0 unspecified atom stereocenters. The van der Waals surface area contributed by atoms with Gasteiger partial charge < -0.3 is 14.9 Å². The number of ether oxygens (including phenoxy) is 1. The molecule has 6 nitrogen and oxygen atoms in total. The summed E-state index contributed by atoms with van der Waals surface area (Å²) in [5, 5.41) is 17.7. The molecular weight excluding hydrogens is 310 g/mol. The zero-order valence-electron chi connectivity index (χ0n) is 13.8. The maximum Gasteiger partial charge on any atom is 0.306 e. The van der Waals surface area contributed by atoms with Gasteiger partial charge in [-0.3, -0.25) is 14.5 Å². The molecule has 0 saturated carbocycles. The van der Waals surface area contributed by atoms with Gasteiger partial charge in [-0.05, 0) is 17.5 Å². The summed E-state index contributed by atoms with van der Waals surface area (Å²) in [6.45, 7) is 5.94. The number of nitrogens with zero attached hydrogens (tertiary/aromatic N) is 1. The van der Waals surface area contributed by atoms with Crippen LogP contribution >= 0.6 is 0 Å². The van der Waals surface area contributed by atoms with Gasteiger partial charge in [0.15, 0.2) is 0 Å². The SMILES string of the molecule is C=Cc1ccc(CN(CCO)CCCOC(=O)CCC(=O)O)cc1. The standard InChI is InChI=1S/C18H25NO5/c1-2-15-4-6-16(7-5-15)14-19(11-12-20)10-3-13-24-18(23)9-8-17(21)22/h2,4-7,20H,1,3,8-14H2,(H,21,22). The molecule has 0 radical (unpaired) electrons. The van der Waals surface area contributed by atoms with Crippen LogP contribution in [0.2, 0.25) is 0 Å². The van der Waals surface area contributed by atoms with E-state index in [4.69, 9.17) is 14.9 Å². The van der Waals surface area contributed by atoms with E-state index in [0.29, 0.717) is 26.1 Å². The molecule has 0 spiro atoms. The molecule has 2 N–H and O–H groups in total. The first-order chi connectivity index (χ1) is 11.5. The Morgan fingerprint density at radius 1 is 1.17 bits per heavy atom. The Morgan fingerprint density at radius 3 is 2.46 bits per heavy atom. The van der Waals surface area contributed by atoms with E-state index in [2.05, 4.69) is 11.5 Å². The Hall–Kier alpha value is -2.18. The highest BCUT2D eigenvalue weighted by Gasteiger charge is 2.08. The third kappa shape index (κ3) is 8.45. The minimum Gasteiger partial charge on any atom is -0.481 e. The molecule has 0 bridgehead atoms. The van der Waals surface area contributed by atoms with Crippen molar-refractivity contribution >= 4 is 18.0 Å². The summed E-state index contributed by atoms with van der Waals surface area (Å²) >= 11 is 0. The van der Waals surface area contributed by atoms with E-state index in [-0.39, 0.29) is 26.1 Å². The minimum absolute atomic E-state index is 0.0587. The average molecular weight is 335 g/mol. The second-order valence-electron chi connectivity index (χ2n) is 5.41. The van der Waals surface area contributed by atoms with Crippen LogP contribution in [0.25, 0.3) is 6.08 Å². The molecule has 0 fully saturated rings. The van der Waals surface area contributed by atoms with Gasteiger partial charge in [0.2, 0.25) is 0 Å².